The fraction of sp³-hybridized carbons (Fsp3) is 0.600. The molecule has 1 aliphatic carbocycles. The van der Waals surface area contributed by atoms with Gasteiger partial charge in [-0.05, 0) is 30.7 Å². The summed E-state index contributed by atoms with van der Waals surface area (Å²) in [5.74, 6) is 0.214. The second kappa shape index (κ2) is 5.71. The molecule has 1 aromatic rings. The van der Waals surface area contributed by atoms with E-state index in [4.69, 9.17) is 11.6 Å². The van der Waals surface area contributed by atoms with E-state index < -0.39 is 4.92 Å². The van der Waals surface area contributed by atoms with Crippen LogP contribution in [-0.2, 0) is 0 Å². The molecule has 2 rings (SSSR count). The van der Waals surface area contributed by atoms with E-state index in [0.29, 0.717) is 5.25 Å². The standard InChI is InChI=1S/C10H13ClN4O2S/c1-18-8-4-2-3-6(8)13-9-7(15(16)17)5-12-10(11)14-9/h5-6,8H,2-4H2,1H3,(H,12,13,14). The highest BCUT2D eigenvalue weighted by Gasteiger charge is 2.29. The SMILES string of the molecule is CSC1CCCC1Nc1nc(Cl)ncc1[N+](=O)[O-]. The Morgan fingerprint density at radius 2 is 2.39 bits per heavy atom. The molecule has 1 aromatic heterocycles. The van der Waals surface area contributed by atoms with Gasteiger partial charge in [-0.15, -0.1) is 0 Å². The number of nitro groups is 1. The van der Waals surface area contributed by atoms with Gasteiger partial charge in [0.05, 0.1) is 4.92 Å². The monoisotopic (exact) mass is 288 g/mol. The molecule has 0 amide bonds. The molecule has 0 radical (unpaired) electrons. The van der Waals surface area contributed by atoms with E-state index >= 15 is 0 Å². The largest absolute Gasteiger partial charge is 0.360 e. The zero-order valence-electron chi connectivity index (χ0n) is 9.80. The van der Waals surface area contributed by atoms with Crippen molar-refractivity contribution in [1.82, 2.24) is 9.97 Å². The van der Waals surface area contributed by atoms with Crippen molar-refractivity contribution in [3.05, 3.63) is 21.6 Å². The van der Waals surface area contributed by atoms with Crippen molar-refractivity contribution in [1.29, 1.82) is 0 Å². The number of thioether (sulfide) groups is 1. The van der Waals surface area contributed by atoms with Gasteiger partial charge in [-0.3, -0.25) is 10.1 Å². The predicted octanol–water partition coefficient (Wildman–Crippen LogP) is 2.73. The molecule has 0 spiro atoms. The fourth-order valence-electron chi connectivity index (χ4n) is 2.14. The molecule has 0 bridgehead atoms. The van der Waals surface area contributed by atoms with E-state index in [-0.39, 0.29) is 22.8 Å². The van der Waals surface area contributed by atoms with E-state index in [1.807, 2.05) is 6.26 Å². The summed E-state index contributed by atoms with van der Waals surface area (Å²) in [5, 5.41) is 14.5. The van der Waals surface area contributed by atoms with Crippen LogP contribution in [0.2, 0.25) is 5.28 Å². The molecule has 1 N–H and O–H groups in total. The van der Waals surface area contributed by atoms with Crippen molar-refractivity contribution in [2.75, 3.05) is 11.6 Å². The van der Waals surface area contributed by atoms with Crippen LogP contribution in [0.1, 0.15) is 19.3 Å². The van der Waals surface area contributed by atoms with E-state index in [0.717, 1.165) is 25.5 Å². The predicted molar refractivity (Wildman–Crippen MR) is 72.3 cm³/mol. The quantitative estimate of drug-likeness (QED) is 0.521. The van der Waals surface area contributed by atoms with Gasteiger partial charge in [0.1, 0.15) is 6.20 Å². The molecule has 98 valence electrons. The van der Waals surface area contributed by atoms with Crippen molar-refractivity contribution in [3.8, 4) is 0 Å². The van der Waals surface area contributed by atoms with E-state index in [2.05, 4.69) is 15.3 Å². The highest BCUT2D eigenvalue weighted by Crippen LogP contribution is 2.32. The van der Waals surface area contributed by atoms with Crippen molar-refractivity contribution in [2.24, 2.45) is 0 Å². The van der Waals surface area contributed by atoms with Crippen LogP contribution in [0.25, 0.3) is 0 Å². The Morgan fingerprint density at radius 3 is 3.06 bits per heavy atom. The highest BCUT2D eigenvalue weighted by molar-refractivity contribution is 7.99. The van der Waals surface area contributed by atoms with E-state index in [1.165, 1.54) is 0 Å². The summed E-state index contributed by atoms with van der Waals surface area (Å²) in [6.07, 6.45) is 6.41. The Morgan fingerprint density at radius 1 is 1.61 bits per heavy atom. The Balaban J connectivity index is 2.22. The maximum atomic E-state index is 10.9. The lowest BCUT2D eigenvalue weighted by atomic mass is 10.2. The summed E-state index contributed by atoms with van der Waals surface area (Å²) >= 11 is 7.46. The minimum Gasteiger partial charge on any atom is -0.360 e. The van der Waals surface area contributed by atoms with Gasteiger partial charge in [-0.2, -0.15) is 16.7 Å². The smallest absolute Gasteiger partial charge is 0.329 e. The molecule has 1 saturated carbocycles. The van der Waals surface area contributed by atoms with Crippen LogP contribution in [0.5, 0.6) is 0 Å². The first-order valence-electron chi connectivity index (χ1n) is 5.58. The number of aromatic nitrogens is 2. The molecular formula is C10H13ClN4O2S. The first kappa shape index (κ1) is 13.4. The molecule has 1 heterocycles. The van der Waals surface area contributed by atoms with Crippen LogP contribution >= 0.6 is 23.4 Å². The lowest BCUT2D eigenvalue weighted by Gasteiger charge is -2.19. The van der Waals surface area contributed by atoms with Gasteiger partial charge < -0.3 is 5.32 Å². The number of nitrogens with one attached hydrogen (secondary N) is 1. The topological polar surface area (TPSA) is 81.0 Å². The summed E-state index contributed by atoms with van der Waals surface area (Å²) in [6.45, 7) is 0. The van der Waals surface area contributed by atoms with Crippen LogP contribution < -0.4 is 5.32 Å². The van der Waals surface area contributed by atoms with E-state index in [1.54, 1.807) is 11.8 Å². The van der Waals surface area contributed by atoms with Crippen molar-refractivity contribution >= 4 is 34.9 Å². The Bertz CT molecular complexity index is 460. The minimum absolute atomic E-state index is 0.0156. The molecule has 0 aliphatic heterocycles. The van der Waals surface area contributed by atoms with Crippen LogP contribution in [0, 0.1) is 10.1 Å². The van der Waals surface area contributed by atoms with Crippen LogP contribution in [-0.4, -0.2) is 32.4 Å². The summed E-state index contributed by atoms with van der Waals surface area (Å²) in [5.41, 5.74) is -0.133. The molecule has 2 unspecified atom stereocenters. The molecule has 1 aliphatic rings. The zero-order chi connectivity index (χ0) is 13.1. The Hall–Kier alpha value is -1.08. The van der Waals surface area contributed by atoms with Crippen molar-refractivity contribution < 1.29 is 4.92 Å². The molecule has 8 heteroatoms. The highest BCUT2D eigenvalue weighted by atomic mass is 35.5. The zero-order valence-corrected chi connectivity index (χ0v) is 11.4. The Kier molecular flexibility index (Phi) is 4.23. The number of rotatable bonds is 4. The van der Waals surface area contributed by atoms with Gasteiger partial charge in [0.15, 0.2) is 0 Å². The average Bonchev–Trinajstić information content (AvgIpc) is 2.76. The molecule has 0 saturated heterocycles. The third kappa shape index (κ3) is 2.84. The number of hydrogen-bond acceptors (Lipinski definition) is 6. The lowest BCUT2D eigenvalue weighted by Crippen LogP contribution is -2.26. The first-order valence-corrected chi connectivity index (χ1v) is 7.24. The minimum atomic E-state index is -0.498. The normalized spacial score (nSPS) is 23.0. The second-order valence-corrected chi connectivity index (χ2v) is 5.50. The van der Waals surface area contributed by atoms with Gasteiger partial charge in [-0.1, -0.05) is 6.42 Å². The molecule has 0 aromatic carbocycles. The fourth-order valence-corrected chi connectivity index (χ4v) is 3.21. The third-order valence-corrected chi connectivity index (χ3v) is 4.37. The maximum absolute atomic E-state index is 10.9. The Labute approximate surface area is 114 Å². The molecule has 18 heavy (non-hydrogen) atoms. The second-order valence-electron chi connectivity index (χ2n) is 4.09. The molecule has 6 nitrogen and oxygen atoms in total. The number of hydrogen-bond donors (Lipinski definition) is 1. The number of nitrogens with zero attached hydrogens (tertiary/aromatic N) is 3. The molecule has 2 atom stereocenters. The third-order valence-electron chi connectivity index (χ3n) is 3.01. The number of anilines is 1. The summed E-state index contributed by atoms with van der Waals surface area (Å²) in [6, 6.07) is 0.199. The summed E-state index contributed by atoms with van der Waals surface area (Å²) in [4.78, 5) is 18.0. The van der Waals surface area contributed by atoms with Crippen LogP contribution in [0.3, 0.4) is 0 Å². The summed E-state index contributed by atoms with van der Waals surface area (Å²) < 4.78 is 0. The van der Waals surface area contributed by atoms with Gasteiger partial charge >= 0.3 is 5.69 Å². The molecular weight excluding hydrogens is 276 g/mol. The van der Waals surface area contributed by atoms with E-state index in [9.17, 15) is 10.1 Å². The lowest BCUT2D eigenvalue weighted by molar-refractivity contribution is -0.384. The van der Waals surface area contributed by atoms with Gasteiger partial charge in [-0.25, -0.2) is 4.98 Å². The van der Waals surface area contributed by atoms with Crippen LogP contribution in [0.4, 0.5) is 11.5 Å². The van der Waals surface area contributed by atoms with Crippen molar-refractivity contribution in [3.63, 3.8) is 0 Å². The van der Waals surface area contributed by atoms with Gasteiger partial charge in [0.25, 0.3) is 0 Å². The van der Waals surface area contributed by atoms with Crippen LogP contribution in [0.15, 0.2) is 6.20 Å². The molecule has 1 fully saturated rings. The van der Waals surface area contributed by atoms with Crippen molar-refractivity contribution in [2.45, 2.75) is 30.6 Å². The first-order chi connectivity index (χ1) is 8.61. The summed E-state index contributed by atoms with van der Waals surface area (Å²) in [7, 11) is 0. The number of halogens is 1. The van der Waals surface area contributed by atoms with Gasteiger partial charge in [0, 0.05) is 11.3 Å². The maximum Gasteiger partial charge on any atom is 0.329 e. The average molecular weight is 289 g/mol. The van der Waals surface area contributed by atoms with Gasteiger partial charge in [0.2, 0.25) is 11.1 Å².